The molecule has 0 aromatic heterocycles. The molecule has 2 aliphatic rings. The summed E-state index contributed by atoms with van der Waals surface area (Å²) in [6, 6.07) is 6.37. The maximum Gasteiger partial charge on any atom is 0.137 e. The van der Waals surface area contributed by atoms with Crippen molar-refractivity contribution in [1.29, 1.82) is 0 Å². The van der Waals surface area contributed by atoms with Crippen LogP contribution < -0.4 is 10.1 Å². The molecule has 1 aliphatic carbocycles. The Morgan fingerprint density at radius 3 is 2.81 bits per heavy atom. The van der Waals surface area contributed by atoms with Gasteiger partial charge in [-0.25, -0.2) is 0 Å². The zero-order chi connectivity index (χ0) is 14.7. The number of anilines is 1. The first-order valence-corrected chi connectivity index (χ1v) is 8.33. The molecule has 1 atom stereocenters. The van der Waals surface area contributed by atoms with Crippen LogP contribution in [0.2, 0.25) is 5.02 Å². The van der Waals surface area contributed by atoms with E-state index in [2.05, 4.69) is 5.32 Å². The van der Waals surface area contributed by atoms with Crippen LogP contribution in [0.3, 0.4) is 0 Å². The fourth-order valence-electron chi connectivity index (χ4n) is 3.69. The third-order valence-electron chi connectivity index (χ3n) is 4.78. The SMILES string of the molecule is COc1ccc(NC2CCOC3(CCCCC3)C2)cc1Cl. The maximum atomic E-state index is 6.20. The topological polar surface area (TPSA) is 30.5 Å². The van der Waals surface area contributed by atoms with Gasteiger partial charge in [-0.3, -0.25) is 0 Å². The van der Waals surface area contributed by atoms with Crippen molar-refractivity contribution in [3.63, 3.8) is 0 Å². The molecule has 1 heterocycles. The highest BCUT2D eigenvalue weighted by Gasteiger charge is 2.38. The lowest BCUT2D eigenvalue weighted by molar-refractivity contribution is -0.103. The second-order valence-corrected chi connectivity index (χ2v) is 6.68. The van der Waals surface area contributed by atoms with E-state index in [9.17, 15) is 0 Å². The average Bonchev–Trinajstić information content (AvgIpc) is 2.48. The van der Waals surface area contributed by atoms with Crippen molar-refractivity contribution >= 4 is 17.3 Å². The van der Waals surface area contributed by atoms with Crippen LogP contribution in [-0.4, -0.2) is 25.4 Å². The molecule has 1 unspecified atom stereocenters. The van der Waals surface area contributed by atoms with Gasteiger partial charge in [-0.2, -0.15) is 0 Å². The van der Waals surface area contributed by atoms with Crippen molar-refractivity contribution < 1.29 is 9.47 Å². The standard InChI is InChI=1S/C17H24ClNO2/c1-20-16-6-5-13(11-15(16)18)19-14-7-10-21-17(12-14)8-3-2-4-9-17/h5-6,11,14,19H,2-4,7-10,12H2,1H3. The van der Waals surface area contributed by atoms with Crippen molar-refractivity contribution in [2.24, 2.45) is 0 Å². The minimum absolute atomic E-state index is 0.129. The van der Waals surface area contributed by atoms with E-state index in [1.54, 1.807) is 7.11 Å². The van der Waals surface area contributed by atoms with E-state index in [0.29, 0.717) is 11.1 Å². The molecule has 4 heteroatoms. The summed E-state index contributed by atoms with van der Waals surface area (Å²) in [5, 5.41) is 4.28. The zero-order valence-electron chi connectivity index (χ0n) is 12.7. The Bertz CT molecular complexity index is 480. The van der Waals surface area contributed by atoms with Gasteiger partial charge in [-0.05, 0) is 43.9 Å². The first kappa shape index (κ1) is 15.0. The van der Waals surface area contributed by atoms with E-state index in [4.69, 9.17) is 21.1 Å². The Hall–Kier alpha value is -0.930. The van der Waals surface area contributed by atoms with Crippen LogP contribution in [0.25, 0.3) is 0 Å². The van der Waals surface area contributed by atoms with Crippen LogP contribution in [0.4, 0.5) is 5.69 Å². The highest BCUT2D eigenvalue weighted by atomic mass is 35.5. The lowest BCUT2D eigenvalue weighted by atomic mass is 9.78. The van der Waals surface area contributed by atoms with Gasteiger partial charge in [0.05, 0.1) is 17.7 Å². The molecular weight excluding hydrogens is 286 g/mol. The molecule has 1 aromatic carbocycles. The minimum atomic E-state index is 0.129. The molecule has 1 N–H and O–H groups in total. The summed E-state index contributed by atoms with van der Waals surface area (Å²) in [5.74, 6) is 0.720. The number of ether oxygens (including phenoxy) is 2. The number of nitrogens with one attached hydrogen (secondary N) is 1. The largest absolute Gasteiger partial charge is 0.495 e. The molecule has 0 bridgehead atoms. The number of hydrogen-bond acceptors (Lipinski definition) is 3. The smallest absolute Gasteiger partial charge is 0.137 e. The Balaban J connectivity index is 1.65. The predicted octanol–water partition coefficient (Wildman–Crippen LogP) is 4.64. The molecule has 1 aliphatic heterocycles. The second kappa shape index (κ2) is 6.45. The summed E-state index contributed by atoms with van der Waals surface area (Å²) in [6.07, 6.45) is 8.57. The van der Waals surface area contributed by atoms with Gasteiger partial charge in [0, 0.05) is 18.3 Å². The van der Waals surface area contributed by atoms with Gasteiger partial charge in [0.15, 0.2) is 0 Å². The van der Waals surface area contributed by atoms with Crippen molar-refractivity contribution in [2.75, 3.05) is 19.0 Å². The highest BCUT2D eigenvalue weighted by Crippen LogP contribution is 2.39. The van der Waals surface area contributed by atoms with Gasteiger partial charge in [-0.1, -0.05) is 30.9 Å². The van der Waals surface area contributed by atoms with Gasteiger partial charge in [-0.15, -0.1) is 0 Å². The third-order valence-corrected chi connectivity index (χ3v) is 5.08. The molecule has 2 fully saturated rings. The molecule has 1 aromatic rings. The fourth-order valence-corrected chi connectivity index (χ4v) is 3.95. The van der Waals surface area contributed by atoms with Gasteiger partial charge in [0.2, 0.25) is 0 Å². The van der Waals surface area contributed by atoms with Gasteiger partial charge in [0.25, 0.3) is 0 Å². The van der Waals surface area contributed by atoms with E-state index in [-0.39, 0.29) is 5.60 Å². The number of halogens is 1. The van der Waals surface area contributed by atoms with Crippen molar-refractivity contribution in [1.82, 2.24) is 0 Å². The molecule has 3 nitrogen and oxygen atoms in total. The Morgan fingerprint density at radius 1 is 1.29 bits per heavy atom. The lowest BCUT2D eigenvalue weighted by Gasteiger charge is -2.44. The molecule has 1 saturated carbocycles. The van der Waals surface area contributed by atoms with Gasteiger partial charge < -0.3 is 14.8 Å². The molecule has 21 heavy (non-hydrogen) atoms. The van der Waals surface area contributed by atoms with E-state index in [1.165, 1.54) is 32.1 Å². The van der Waals surface area contributed by atoms with Crippen molar-refractivity contribution in [2.45, 2.75) is 56.6 Å². The number of rotatable bonds is 3. The minimum Gasteiger partial charge on any atom is -0.495 e. The molecule has 1 saturated heterocycles. The van der Waals surface area contributed by atoms with Crippen LogP contribution in [0.1, 0.15) is 44.9 Å². The predicted molar refractivity (Wildman–Crippen MR) is 86.4 cm³/mol. The summed E-state index contributed by atoms with van der Waals surface area (Å²) in [4.78, 5) is 0. The molecule has 116 valence electrons. The summed E-state index contributed by atoms with van der Waals surface area (Å²) in [6.45, 7) is 0.863. The van der Waals surface area contributed by atoms with Crippen LogP contribution in [-0.2, 0) is 4.74 Å². The average molecular weight is 310 g/mol. The van der Waals surface area contributed by atoms with Crippen LogP contribution in [0.15, 0.2) is 18.2 Å². The summed E-state index contributed by atoms with van der Waals surface area (Å²) >= 11 is 6.20. The normalized spacial score (nSPS) is 24.8. The molecule has 0 amide bonds. The highest BCUT2D eigenvalue weighted by molar-refractivity contribution is 6.32. The first-order chi connectivity index (χ1) is 10.2. The van der Waals surface area contributed by atoms with E-state index >= 15 is 0 Å². The number of benzene rings is 1. The summed E-state index contributed by atoms with van der Waals surface area (Å²) in [5.41, 5.74) is 1.20. The maximum absolute atomic E-state index is 6.20. The van der Waals surface area contributed by atoms with E-state index in [1.807, 2.05) is 18.2 Å². The second-order valence-electron chi connectivity index (χ2n) is 6.28. The number of hydrogen-bond donors (Lipinski definition) is 1. The van der Waals surface area contributed by atoms with E-state index < -0.39 is 0 Å². The van der Waals surface area contributed by atoms with Crippen molar-refractivity contribution in [3.8, 4) is 5.75 Å². The van der Waals surface area contributed by atoms with Crippen LogP contribution >= 0.6 is 11.6 Å². The fraction of sp³-hybridized carbons (Fsp3) is 0.647. The third kappa shape index (κ3) is 3.46. The summed E-state index contributed by atoms with van der Waals surface area (Å²) < 4.78 is 11.3. The molecular formula is C17H24ClNO2. The Kier molecular flexibility index (Phi) is 4.60. The van der Waals surface area contributed by atoms with Gasteiger partial charge >= 0.3 is 0 Å². The van der Waals surface area contributed by atoms with Gasteiger partial charge in [0.1, 0.15) is 5.75 Å². The van der Waals surface area contributed by atoms with Crippen LogP contribution in [0, 0.1) is 0 Å². The molecule has 3 rings (SSSR count). The first-order valence-electron chi connectivity index (χ1n) is 7.95. The lowest BCUT2D eigenvalue weighted by Crippen LogP contribution is -2.45. The van der Waals surface area contributed by atoms with Crippen molar-refractivity contribution in [3.05, 3.63) is 23.2 Å². The monoisotopic (exact) mass is 309 g/mol. The van der Waals surface area contributed by atoms with Crippen LogP contribution in [0.5, 0.6) is 5.75 Å². The molecule has 0 radical (unpaired) electrons. The van der Waals surface area contributed by atoms with E-state index in [0.717, 1.165) is 30.9 Å². The zero-order valence-corrected chi connectivity index (χ0v) is 13.4. The molecule has 1 spiro atoms. The quantitative estimate of drug-likeness (QED) is 0.882. The number of methoxy groups -OCH3 is 1. The Morgan fingerprint density at radius 2 is 2.10 bits per heavy atom. The summed E-state index contributed by atoms with van der Waals surface area (Å²) in [7, 11) is 1.64. The Labute approximate surface area is 132 Å².